The lowest BCUT2D eigenvalue weighted by molar-refractivity contribution is -0.117. The van der Waals surface area contributed by atoms with Crippen LogP contribution in [-0.2, 0) is 4.79 Å². The number of carbonyl (C=O) groups is 1. The minimum atomic E-state index is -0.281. The molecule has 0 radical (unpaired) electrons. The molecule has 0 atom stereocenters. The lowest BCUT2D eigenvalue weighted by Crippen LogP contribution is -2.13. The number of benzene rings is 1. The number of pyridine rings is 3. The third kappa shape index (κ3) is 3.90. The minimum Gasteiger partial charge on any atom is -0.352 e. The average molecular weight is 490 g/mol. The maximum atomic E-state index is 13.5. The molecule has 0 unspecified atom stereocenters. The summed E-state index contributed by atoms with van der Waals surface area (Å²) in [6, 6.07) is 12.3. The van der Waals surface area contributed by atoms with Gasteiger partial charge in [-0.3, -0.25) is 19.9 Å². The quantitative estimate of drug-likeness (QED) is 0.287. The fraction of sp³-hybridized carbons (Fsp3) is 0.107. The summed E-state index contributed by atoms with van der Waals surface area (Å²) in [5.74, 6) is -0.125. The zero-order valence-electron chi connectivity index (χ0n) is 19.5. The van der Waals surface area contributed by atoms with Crippen molar-refractivity contribution in [2.75, 3.05) is 5.32 Å². The Kier molecular flexibility index (Phi) is 4.81. The molecule has 0 aliphatic heterocycles. The Bertz CT molecular complexity index is 1800. The maximum Gasteiger partial charge on any atom is 0.227 e. The van der Waals surface area contributed by atoms with Crippen LogP contribution in [0.3, 0.4) is 0 Å². The van der Waals surface area contributed by atoms with Crippen molar-refractivity contribution in [1.29, 1.82) is 0 Å². The maximum absolute atomic E-state index is 13.5. The predicted octanol–water partition coefficient (Wildman–Crippen LogP) is 5.72. The Hall–Kier alpha value is -4.92. The van der Waals surface area contributed by atoms with E-state index in [1.54, 1.807) is 43.1 Å². The molecule has 1 aromatic carbocycles. The monoisotopic (exact) mass is 489 g/mol. The van der Waals surface area contributed by atoms with Crippen LogP contribution in [0.2, 0.25) is 0 Å². The van der Waals surface area contributed by atoms with E-state index < -0.39 is 0 Å². The van der Waals surface area contributed by atoms with Crippen LogP contribution in [0.15, 0.2) is 73.4 Å². The third-order valence-electron chi connectivity index (χ3n) is 6.67. The molecule has 7 rings (SSSR count). The number of hydrogen-bond acceptors (Lipinski definition) is 5. The summed E-state index contributed by atoms with van der Waals surface area (Å²) in [5.41, 5.74) is 7.20. The summed E-state index contributed by atoms with van der Waals surface area (Å²) in [7, 11) is 0. The van der Waals surface area contributed by atoms with Gasteiger partial charge in [0.2, 0.25) is 5.91 Å². The van der Waals surface area contributed by atoms with Crippen LogP contribution in [0, 0.1) is 11.7 Å². The van der Waals surface area contributed by atoms with Gasteiger partial charge in [0, 0.05) is 52.0 Å². The van der Waals surface area contributed by atoms with Gasteiger partial charge in [0.1, 0.15) is 5.82 Å². The van der Waals surface area contributed by atoms with E-state index in [0.29, 0.717) is 11.3 Å². The molecule has 0 bridgehead atoms. The number of aromatic amines is 2. The smallest absolute Gasteiger partial charge is 0.227 e. The highest BCUT2D eigenvalue weighted by Gasteiger charge is 2.29. The summed E-state index contributed by atoms with van der Waals surface area (Å²) < 4.78 is 13.5. The molecule has 8 nitrogen and oxygen atoms in total. The zero-order valence-corrected chi connectivity index (χ0v) is 19.5. The number of amides is 1. The van der Waals surface area contributed by atoms with Crippen molar-refractivity contribution in [2.24, 2.45) is 5.92 Å². The number of anilines is 1. The first-order chi connectivity index (χ1) is 18.1. The molecule has 5 heterocycles. The molecule has 1 saturated carbocycles. The Labute approximate surface area is 210 Å². The largest absolute Gasteiger partial charge is 0.352 e. The van der Waals surface area contributed by atoms with Gasteiger partial charge in [-0.25, -0.2) is 9.37 Å². The van der Waals surface area contributed by atoms with Gasteiger partial charge >= 0.3 is 0 Å². The predicted molar refractivity (Wildman–Crippen MR) is 139 cm³/mol. The van der Waals surface area contributed by atoms with Gasteiger partial charge in [-0.2, -0.15) is 5.10 Å². The van der Waals surface area contributed by atoms with E-state index in [2.05, 4.69) is 35.5 Å². The first-order valence-corrected chi connectivity index (χ1v) is 12.0. The highest BCUT2D eigenvalue weighted by atomic mass is 19.1. The Morgan fingerprint density at radius 1 is 0.892 bits per heavy atom. The van der Waals surface area contributed by atoms with E-state index in [1.807, 2.05) is 18.2 Å². The van der Waals surface area contributed by atoms with E-state index in [0.717, 1.165) is 62.8 Å². The average Bonchev–Trinajstić information content (AvgIpc) is 3.55. The minimum absolute atomic E-state index is 0.0398. The Morgan fingerprint density at radius 2 is 1.70 bits per heavy atom. The lowest BCUT2D eigenvalue weighted by Gasteiger charge is -2.07. The van der Waals surface area contributed by atoms with Crippen LogP contribution >= 0.6 is 0 Å². The zero-order chi connectivity index (χ0) is 24.9. The molecule has 9 heteroatoms. The molecule has 1 amide bonds. The van der Waals surface area contributed by atoms with Gasteiger partial charge in [-0.15, -0.1) is 0 Å². The fourth-order valence-electron chi connectivity index (χ4n) is 4.56. The van der Waals surface area contributed by atoms with Gasteiger partial charge in [-0.1, -0.05) is 12.1 Å². The molecule has 1 aliphatic carbocycles. The number of hydrogen-bond donors (Lipinski definition) is 3. The first-order valence-electron chi connectivity index (χ1n) is 12.0. The number of fused-ring (bicyclic) bond motifs is 2. The normalized spacial score (nSPS) is 13.3. The molecular weight excluding hydrogens is 469 g/mol. The summed E-state index contributed by atoms with van der Waals surface area (Å²) in [6.45, 7) is 0. The number of rotatable bonds is 5. The molecule has 1 fully saturated rings. The number of halogens is 1. The molecular formula is C28H20FN7O. The van der Waals surface area contributed by atoms with Gasteiger partial charge in [0.15, 0.2) is 5.65 Å². The Morgan fingerprint density at radius 3 is 2.54 bits per heavy atom. The molecule has 3 N–H and O–H groups in total. The number of nitrogens with zero attached hydrogens (tertiary/aromatic N) is 4. The second-order valence-electron chi connectivity index (χ2n) is 9.26. The molecule has 6 aromatic rings. The highest BCUT2D eigenvalue weighted by Crippen LogP contribution is 2.35. The van der Waals surface area contributed by atoms with Crippen LogP contribution in [-0.4, -0.2) is 36.0 Å². The number of nitrogens with one attached hydrogen (secondary N) is 3. The number of carbonyl (C=O) groups excluding carboxylic acids is 1. The number of aromatic nitrogens is 6. The molecule has 37 heavy (non-hydrogen) atoms. The topological polar surface area (TPSA) is 112 Å². The van der Waals surface area contributed by atoms with E-state index in [4.69, 9.17) is 0 Å². The van der Waals surface area contributed by atoms with Gasteiger partial charge in [0.05, 0.1) is 35.0 Å². The second-order valence-corrected chi connectivity index (χ2v) is 9.26. The van der Waals surface area contributed by atoms with Crippen molar-refractivity contribution in [3.05, 3.63) is 79.3 Å². The molecule has 1 aliphatic rings. The lowest BCUT2D eigenvalue weighted by atomic mass is 10.0. The van der Waals surface area contributed by atoms with E-state index >= 15 is 0 Å². The number of H-pyrrole nitrogens is 2. The van der Waals surface area contributed by atoms with E-state index in [1.165, 1.54) is 12.1 Å². The van der Waals surface area contributed by atoms with E-state index in [-0.39, 0.29) is 17.6 Å². The summed E-state index contributed by atoms with van der Waals surface area (Å²) in [6.07, 6.45) is 10.6. The first kappa shape index (κ1) is 21.4. The SMILES string of the molecule is O=C(Nc1cncc(-c2cnc3n[nH]c(-c4cc5c(-c6ccc(F)cc6)cncc5[nH]4)c3c2)c1)C1CC1. The summed E-state index contributed by atoms with van der Waals surface area (Å²) in [4.78, 5) is 28.8. The van der Waals surface area contributed by atoms with Crippen molar-refractivity contribution in [1.82, 2.24) is 30.1 Å². The van der Waals surface area contributed by atoms with Crippen molar-refractivity contribution in [3.8, 4) is 33.6 Å². The fourth-order valence-corrected chi connectivity index (χ4v) is 4.56. The van der Waals surface area contributed by atoms with E-state index in [9.17, 15) is 9.18 Å². The van der Waals surface area contributed by atoms with Crippen LogP contribution in [0.5, 0.6) is 0 Å². The summed E-state index contributed by atoms with van der Waals surface area (Å²) >= 11 is 0. The van der Waals surface area contributed by atoms with Crippen molar-refractivity contribution < 1.29 is 9.18 Å². The van der Waals surface area contributed by atoms with Crippen molar-refractivity contribution in [3.63, 3.8) is 0 Å². The second kappa shape index (κ2) is 8.34. The Balaban J connectivity index is 1.28. The molecule has 0 saturated heterocycles. The standard InChI is InChI=1S/C28H20FN7O/c29-19-5-3-15(4-6-19)23-13-31-14-25-21(23)9-24(34-25)26-22-8-18(11-32-27(22)36-35-26)17-7-20(12-30-10-17)33-28(37)16-1-2-16/h3-14,16,34H,1-2H2,(H,33,37)(H,32,35,36). The summed E-state index contributed by atoms with van der Waals surface area (Å²) in [5, 5.41) is 12.2. The van der Waals surface area contributed by atoms with Gasteiger partial charge in [-0.05, 0) is 48.7 Å². The van der Waals surface area contributed by atoms with Crippen molar-refractivity contribution >= 4 is 33.5 Å². The van der Waals surface area contributed by atoms with Crippen LogP contribution < -0.4 is 5.32 Å². The van der Waals surface area contributed by atoms with Crippen molar-refractivity contribution in [2.45, 2.75) is 12.8 Å². The van der Waals surface area contributed by atoms with Crippen LogP contribution in [0.1, 0.15) is 12.8 Å². The molecule has 0 spiro atoms. The van der Waals surface area contributed by atoms with Crippen LogP contribution in [0.4, 0.5) is 10.1 Å². The van der Waals surface area contributed by atoms with Gasteiger partial charge in [0.25, 0.3) is 0 Å². The van der Waals surface area contributed by atoms with Crippen LogP contribution in [0.25, 0.3) is 55.6 Å². The van der Waals surface area contributed by atoms with Gasteiger partial charge < -0.3 is 10.3 Å². The molecule has 180 valence electrons. The third-order valence-corrected chi connectivity index (χ3v) is 6.67. The molecule has 5 aromatic heterocycles. The highest BCUT2D eigenvalue weighted by molar-refractivity contribution is 6.01.